The number of aromatic nitrogens is 4. The van der Waals surface area contributed by atoms with Crippen LogP contribution >= 0.6 is 11.6 Å². The molecule has 0 aliphatic carbocycles. The number of hydrogen-bond donors (Lipinski definition) is 0. The van der Waals surface area contributed by atoms with E-state index in [4.69, 9.17) is 16.3 Å². The quantitative estimate of drug-likeness (QED) is 0.674. The van der Waals surface area contributed by atoms with Crippen molar-refractivity contribution >= 4 is 22.5 Å². The zero-order valence-corrected chi connectivity index (χ0v) is 11.2. The molecule has 5 nitrogen and oxygen atoms in total. The summed E-state index contributed by atoms with van der Waals surface area (Å²) in [6, 6.07) is 5.74. The van der Waals surface area contributed by atoms with E-state index in [9.17, 15) is 0 Å². The van der Waals surface area contributed by atoms with Crippen LogP contribution in [0.4, 0.5) is 0 Å². The minimum Gasteiger partial charge on any atom is -0.494 e. The summed E-state index contributed by atoms with van der Waals surface area (Å²) in [6.45, 7) is 0. The molecule has 2 heterocycles. The predicted molar refractivity (Wildman–Crippen MR) is 73.3 cm³/mol. The van der Waals surface area contributed by atoms with Crippen molar-refractivity contribution < 1.29 is 4.74 Å². The lowest BCUT2D eigenvalue weighted by Gasteiger charge is -2.07. The van der Waals surface area contributed by atoms with Crippen LogP contribution in [0.1, 0.15) is 0 Å². The molecule has 3 rings (SSSR count). The normalized spacial score (nSPS) is 10.9. The number of ether oxygens (including phenoxy) is 1. The van der Waals surface area contributed by atoms with E-state index in [1.165, 1.54) is 6.33 Å². The Balaban J connectivity index is 2.30. The van der Waals surface area contributed by atoms with Crippen molar-refractivity contribution in [1.29, 1.82) is 0 Å². The molecular formula is C13H11ClN4O. The number of hydrogen-bond acceptors (Lipinski definition) is 4. The molecule has 0 saturated heterocycles. The first kappa shape index (κ1) is 11.9. The van der Waals surface area contributed by atoms with Crippen LogP contribution in [0.3, 0.4) is 0 Å². The molecule has 0 aliphatic rings. The van der Waals surface area contributed by atoms with E-state index in [0.29, 0.717) is 16.4 Å². The lowest BCUT2D eigenvalue weighted by atomic mass is 10.1. The Bertz CT molecular complexity index is 753. The van der Waals surface area contributed by atoms with E-state index < -0.39 is 0 Å². The SMILES string of the molecule is COc1cc(-c2ccn(C)n2)cc2c(Cl)ncnc12. The summed E-state index contributed by atoms with van der Waals surface area (Å²) in [7, 11) is 3.48. The van der Waals surface area contributed by atoms with Crippen molar-refractivity contribution in [2.24, 2.45) is 7.05 Å². The van der Waals surface area contributed by atoms with Gasteiger partial charge in [0.1, 0.15) is 22.7 Å². The first-order valence-electron chi connectivity index (χ1n) is 5.67. The van der Waals surface area contributed by atoms with Crippen LogP contribution in [0.15, 0.2) is 30.7 Å². The van der Waals surface area contributed by atoms with Gasteiger partial charge in [-0.15, -0.1) is 0 Å². The van der Waals surface area contributed by atoms with Gasteiger partial charge in [-0.2, -0.15) is 5.10 Å². The molecule has 0 radical (unpaired) electrons. The van der Waals surface area contributed by atoms with Gasteiger partial charge in [0.15, 0.2) is 0 Å². The maximum Gasteiger partial charge on any atom is 0.145 e. The monoisotopic (exact) mass is 274 g/mol. The first-order valence-corrected chi connectivity index (χ1v) is 6.05. The maximum absolute atomic E-state index is 6.12. The van der Waals surface area contributed by atoms with Gasteiger partial charge in [-0.25, -0.2) is 9.97 Å². The molecule has 19 heavy (non-hydrogen) atoms. The number of halogens is 1. The Morgan fingerprint density at radius 2 is 2.11 bits per heavy atom. The summed E-state index contributed by atoms with van der Waals surface area (Å²) >= 11 is 6.12. The molecule has 0 spiro atoms. The fourth-order valence-electron chi connectivity index (χ4n) is 1.98. The zero-order chi connectivity index (χ0) is 13.4. The summed E-state index contributed by atoms with van der Waals surface area (Å²) in [5.74, 6) is 0.655. The molecule has 0 amide bonds. The smallest absolute Gasteiger partial charge is 0.145 e. The minimum atomic E-state index is 0.404. The topological polar surface area (TPSA) is 52.8 Å². The van der Waals surface area contributed by atoms with Gasteiger partial charge in [0.25, 0.3) is 0 Å². The van der Waals surface area contributed by atoms with Crippen molar-refractivity contribution in [3.63, 3.8) is 0 Å². The minimum absolute atomic E-state index is 0.404. The summed E-state index contributed by atoms with van der Waals surface area (Å²) < 4.78 is 7.11. The second-order valence-corrected chi connectivity index (χ2v) is 4.47. The highest BCUT2D eigenvalue weighted by molar-refractivity contribution is 6.34. The molecule has 0 bridgehead atoms. The van der Waals surface area contributed by atoms with Gasteiger partial charge in [-0.3, -0.25) is 4.68 Å². The summed E-state index contributed by atoms with van der Waals surface area (Å²) in [4.78, 5) is 8.20. The summed E-state index contributed by atoms with van der Waals surface area (Å²) in [5, 5.41) is 5.53. The summed E-state index contributed by atoms with van der Waals surface area (Å²) in [6.07, 6.45) is 3.31. The van der Waals surface area contributed by atoms with Gasteiger partial charge in [0, 0.05) is 24.2 Å². The molecule has 0 fully saturated rings. The molecule has 0 saturated carbocycles. The number of methoxy groups -OCH3 is 1. The third-order valence-corrected chi connectivity index (χ3v) is 3.19. The Morgan fingerprint density at radius 3 is 2.79 bits per heavy atom. The van der Waals surface area contributed by atoms with E-state index in [2.05, 4.69) is 15.1 Å². The van der Waals surface area contributed by atoms with Crippen molar-refractivity contribution in [2.45, 2.75) is 0 Å². The molecule has 0 N–H and O–H groups in total. The van der Waals surface area contributed by atoms with E-state index in [1.807, 2.05) is 31.4 Å². The lowest BCUT2D eigenvalue weighted by molar-refractivity contribution is 0.419. The highest BCUT2D eigenvalue weighted by Crippen LogP contribution is 2.32. The number of nitrogens with zero attached hydrogens (tertiary/aromatic N) is 4. The van der Waals surface area contributed by atoms with E-state index in [0.717, 1.165) is 16.6 Å². The van der Waals surface area contributed by atoms with Crippen LogP contribution < -0.4 is 4.74 Å². The van der Waals surface area contributed by atoms with Crippen LogP contribution in [-0.2, 0) is 7.05 Å². The fourth-order valence-corrected chi connectivity index (χ4v) is 2.17. The van der Waals surface area contributed by atoms with Gasteiger partial charge in [-0.1, -0.05) is 11.6 Å². The maximum atomic E-state index is 6.12. The standard InChI is InChI=1S/C13H11ClN4O/c1-18-4-3-10(17-18)8-5-9-12(11(6-8)19-2)15-7-16-13(9)14/h3-7H,1-2H3. The Morgan fingerprint density at radius 1 is 1.26 bits per heavy atom. The first-order chi connectivity index (χ1) is 9.19. The molecule has 0 aliphatic heterocycles. The summed E-state index contributed by atoms with van der Waals surface area (Å²) in [5.41, 5.74) is 2.46. The predicted octanol–water partition coefficient (Wildman–Crippen LogP) is 2.69. The van der Waals surface area contributed by atoms with E-state index in [1.54, 1.807) is 11.8 Å². The van der Waals surface area contributed by atoms with Gasteiger partial charge in [0.2, 0.25) is 0 Å². The zero-order valence-electron chi connectivity index (χ0n) is 10.5. The van der Waals surface area contributed by atoms with Crippen molar-refractivity contribution in [2.75, 3.05) is 7.11 Å². The Kier molecular flexibility index (Phi) is 2.83. The lowest BCUT2D eigenvalue weighted by Crippen LogP contribution is -1.93. The second-order valence-electron chi connectivity index (χ2n) is 4.11. The van der Waals surface area contributed by atoms with Crippen molar-refractivity contribution in [3.8, 4) is 17.0 Å². The van der Waals surface area contributed by atoms with Crippen LogP contribution in [0.25, 0.3) is 22.2 Å². The highest BCUT2D eigenvalue weighted by atomic mass is 35.5. The van der Waals surface area contributed by atoms with Crippen molar-refractivity contribution in [1.82, 2.24) is 19.7 Å². The molecule has 0 atom stereocenters. The van der Waals surface area contributed by atoms with Gasteiger partial charge in [-0.05, 0) is 18.2 Å². The molecule has 6 heteroatoms. The Labute approximate surface area is 114 Å². The Hall–Kier alpha value is -2.14. The molecule has 3 aromatic rings. The van der Waals surface area contributed by atoms with Crippen LogP contribution in [0.2, 0.25) is 5.15 Å². The van der Waals surface area contributed by atoms with Crippen molar-refractivity contribution in [3.05, 3.63) is 35.9 Å². The third-order valence-electron chi connectivity index (χ3n) is 2.88. The average molecular weight is 275 g/mol. The third kappa shape index (κ3) is 2.02. The van der Waals surface area contributed by atoms with Gasteiger partial charge < -0.3 is 4.74 Å². The van der Waals surface area contributed by atoms with Gasteiger partial charge >= 0.3 is 0 Å². The van der Waals surface area contributed by atoms with Crippen LogP contribution in [0, 0.1) is 0 Å². The van der Waals surface area contributed by atoms with Gasteiger partial charge in [0.05, 0.1) is 12.8 Å². The number of aryl methyl sites for hydroxylation is 1. The number of benzene rings is 1. The second kappa shape index (κ2) is 4.51. The highest BCUT2D eigenvalue weighted by Gasteiger charge is 2.11. The molecule has 96 valence electrons. The van der Waals surface area contributed by atoms with E-state index in [-0.39, 0.29) is 0 Å². The number of fused-ring (bicyclic) bond motifs is 1. The molecule has 2 aromatic heterocycles. The molecular weight excluding hydrogens is 264 g/mol. The van der Waals surface area contributed by atoms with Crippen LogP contribution in [-0.4, -0.2) is 26.9 Å². The average Bonchev–Trinajstić information content (AvgIpc) is 2.85. The fraction of sp³-hybridized carbons (Fsp3) is 0.154. The molecule has 1 aromatic carbocycles. The number of rotatable bonds is 2. The van der Waals surface area contributed by atoms with E-state index >= 15 is 0 Å². The molecule has 0 unspecified atom stereocenters. The largest absolute Gasteiger partial charge is 0.494 e. The van der Waals surface area contributed by atoms with Crippen LogP contribution in [0.5, 0.6) is 5.75 Å².